The molecule has 10 heteroatoms. The summed E-state index contributed by atoms with van der Waals surface area (Å²) in [5.41, 5.74) is 3.09. The van der Waals surface area contributed by atoms with Crippen LogP contribution in [0.1, 0.15) is 37.5 Å². The van der Waals surface area contributed by atoms with E-state index < -0.39 is 39.0 Å². The second-order valence-electron chi connectivity index (χ2n) is 15.6. The fourth-order valence-electron chi connectivity index (χ4n) is 7.58. The number of rotatable bonds is 23. The summed E-state index contributed by atoms with van der Waals surface area (Å²) in [5, 5.41) is 2.10. The second-order valence-corrected chi connectivity index (χ2v) is 20.3. The van der Waals surface area contributed by atoms with E-state index in [1.807, 2.05) is 66.7 Å². The van der Waals surface area contributed by atoms with E-state index in [1.165, 1.54) is 10.4 Å². The average molecular weight is 840 g/mol. The van der Waals surface area contributed by atoms with Crippen LogP contribution in [-0.2, 0) is 57.4 Å². The lowest BCUT2D eigenvalue weighted by molar-refractivity contribution is -0.327. The van der Waals surface area contributed by atoms with Gasteiger partial charge in [0.1, 0.15) is 24.4 Å². The zero-order valence-corrected chi connectivity index (χ0v) is 36.3. The van der Waals surface area contributed by atoms with Gasteiger partial charge in [-0.25, -0.2) is 0 Å². The van der Waals surface area contributed by atoms with Gasteiger partial charge in [-0.2, -0.15) is 0 Å². The Kier molecular flexibility index (Phi) is 17.7. The van der Waals surface area contributed by atoms with Gasteiger partial charge in [-0.15, -0.1) is 11.6 Å². The molecule has 0 aliphatic carbocycles. The number of alkyl halides is 1. The molecular weight excluding hydrogens is 780 g/mol. The predicted octanol–water partition coefficient (Wildman–Crippen LogP) is 8.33. The molecular formula is C49H59ClO8Si. The van der Waals surface area contributed by atoms with E-state index in [9.17, 15) is 0 Å². The van der Waals surface area contributed by atoms with Crippen molar-refractivity contribution in [1.29, 1.82) is 0 Å². The lowest BCUT2D eigenvalue weighted by Gasteiger charge is -2.48. The molecule has 1 fully saturated rings. The van der Waals surface area contributed by atoms with Gasteiger partial charge in [0.25, 0.3) is 8.32 Å². The van der Waals surface area contributed by atoms with Crippen LogP contribution in [0.5, 0.6) is 0 Å². The molecule has 5 aromatic carbocycles. The van der Waals surface area contributed by atoms with Gasteiger partial charge in [-0.1, -0.05) is 172 Å². The van der Waals surface area contributed by atoms with Crippen LogP contribution in [0.15, 0.2) is 152 Å². The molecule has 0 bridgehead atoms. The molecule has 314 valence electrons. The molecule has 5 atom stereocenters. The second kappa shape index (κ2) is 23.3. The minimum Gasteiger partial charge on any atom is -0.405 e. The summed E-state index contributed by atoms with van der Waals surface area (Å²) >= 11 is 5.76. The molecule has 0 N–H and O–H groups in total. The minimum absolute atomic E-state index is 0.220. The van der Waals surface area contributed by atoms with Crippen molar-refractivity contribution in [3.63, 3.8) is 0 Å². The van der Waals surface area contributed by atoms with E-state index in [0.717, 1.165) is 16.7 Å². The van der Waals surface area contributed by atoms with E-state index in [4.69, 9.17) is 49.2 Å². The van der Waals surface area contributed by atoms with Crippen LogP contribution in [0.3, 0.4) is 0 Å². The van der Waals surface area contributed by atoms with Crippen LogP contribution < -0.4 is 10.4 Å². The van der Waals surface area contributed by atoms with Crippen molar-refractivity contribution in [3.05, 3.63) is 168 Å². The standard InChI is InChI=1S/C49H59ClO8Si/c1-49(2,3)59(42-25-15-7-16-26-42,43-27-17-8-18-28-43)57-38-44-45(54-35-39-19-9-4-10-20-39)46(55-36-40-21-11-5-12-22-40)47(56-37-41-23-13-6-14-24-41)48(58-44)53-34-33-52-32-31-51-30-29-50/h4-28,44-48H,29-38H2,1-3H3/t44-,45-,46+,47+,48+/m1/s1. The number of ether oxygens (including phenoxy) is 7. The van der Waals surface area contributed by atoms with E-state index >= 15 is 0 Å². The van der Waals surface area contributed by atoms with Gasteiger partial charge in [0.2, 0.25) is 0 Å². The monoisotopic (exact) mass is 838 g/mol. The average Bonchev–Trinajstić information content (AvgIpc) is 3.27. The Hall–Kier alpha value is -3.71. The smallest absolute Gasteiger partial charge is 0.261 e. The van der Waals surface area contributed by atoms with Gasteiger partial charge >= 0.3 is 0 Å². The molecule has 0 radical (unpaired) electrons. The first-order valence-electron chi connectivity index (χ1n) is 20.6. The maximum absolute atomic E-state index is 7.54. The number of halogens is 1. The fraction of sp³-hybridized carbons (Fsp3) is 0.388. The zero-order chi connectivity index (χ0) is 41.2. The SMILES string of the molecule is CC(C)(C)[Si](OC[C@H]1O[C@H](OCCOCCOCCCl)[C@@H](OCc2ccccc2)[C@@H](OCc2ccccc2)[C@@H]1OCc1ccccc1)(c1ccccc1)c1ccccc1. The molecule has 6 rings (SSSR count). The Morgan fingerprint density at radius 3 is 1.36 bits per heavy atom. The maximum Gasteiger partial charge on any atom is 0.261 e. The number of benzene rings is 5. The highest BCUT2D eigenvalue weighted by Gasteiger charge is 2.53. The third-order valence-electron chi connectivity index (χ3n) is 10.4. The molecule has 0 amide bonds. The molecule has 1 aliphatic rings. The largest absolute Gasteiger partial charge is 0.405 e. The molecule has 1 aliphatic heterocycles. The van der Waals surface area contributed by atoms with Gasteiger partial charge < -0.3 is 37.6 Å². The summed E-state index contributed by atoms with van der Waals surface area (Å²) in [4.78, 5) is 0. The number of hydrogen-bond acceptors (Lipinski definition) is 8. The summed E-state index contributed by atoms with van der Waals surface area (Å²) < 4.78 is 53.3. The summed E-state index contributed by atoms with van der Waals surface area (Å²) in [6.45, 7) is 9.99. The van der Waals surface area contributed by atoms with Crippen LogP contribution in [0, 0.1) is 0 Å². The number of hydrogen-bond donors (Lipinski definition) is 0. The molecule has 1 saturated heterocycles. The Bertz CT molecular complexity index is 1830. The topological polar surface area (TPSA) is 73.8 Å². The molecule has 59 heavy (non-hydrogen) atoms. The summed E-state index contributed by atoms with van der Waals surface area (Å²) in [6, 6.07) is 51.7. The first-order valence-corrected chi connectivity index (χ1v) is 23.0. The Labute approximate surface area is 356 Å². The maximum atomic E-state index is 7.54. The van der Waals surface area contributed by atoms with Crippen molar-refractivity contribution in [2.24, 2.45) is 0 Å². The Balaban J connectivity index is 1.36. The van der Waals surface area contributed by atoms with E-state index in [0.29, 0.717) is 52.1 Å². The Morgan fingerprint density at radius 1 is 0.492 bits per heavy atom. The normalized spacial score (nSPS) is 19.8. The summed E-state index contributed by atoms with van der Waals surface area (Å²) in [5.74, 6) is 0.441. The summed E-state index contributed by atoms with van der Waals surface area (Å²) in [7, 11) is -2.98. The van der Waals surface area contributed by atoms with Crippen molar-refractivity contribution in [2.75, 3.05) is 45.5 Å². The van der Waals surface area contributed by atoms with Gasteiger partial charge in [-0.3, -0.25) is 0 Å². The third-order valence-corrected chi connectivity index (χ3v) is 15.6. The van der Waals surface area contributed by atoms with E-state index in [-0.39, 0.29) is 18.3 Å². The first kappa shape index (κ1) is 44.8. The molecule has 5 aromatic rings. The van der Waals surface area contributed by atoms with Crippen LogP contribution in [0.4, 0.5) is 0 Å². The zero-order valence-electron chi connectivity index (χ0n) is 34.5. The minimum atomic E-state index is -2.98. The van der Waals surface area contributed by atoms with Crippen LogP contribution >= 0.6 is 11.6 Å². The van der Waals surface area contributed by atoms with Gasteiger partial charge in [0, 0.05) is 5.88 Å². The Morgan fingerprint density at radius 2 is 0.898 bits per heavy atom. The highest BCUT2D eigenvalue weighted by Crippen LogP contribution is 2.38. The predicted molar refractivity (Wildman–Crippen MR) is 236 cm³/mol. The highest BCUT2D eigenvalue weighted by atomic mass is 35.5. The lowest BCUT2D eigenvalue weighted by Crippen LogP contribution is -2.68. The molecule has 8 nitrogen and oxygen atoms in total. The molecule has 0 aromatic heterocycles. The van der Waals surface area contributed by atoms with E-state index in [2.05, 4.69) is 106 Å². The van der Waals surface area contributed by atoms with Crippen molar-refractivity contribution in [1.82, 2.24) is 0 Å². The molecule has 1 heterocycles. The third kappa shape index (κ3) is 12.7. The van der Waals surface area contributed by atoms with Crippen LogP contribution in [0.2, 0.25) is 5.04 Å². The van der Waals surface area contributed by atoms with Crippen molar-refractivity contribution in [3.8, 4) is 0 Å². The molecule has 0 unspecified atom stereocenters. The van der Waals surface area contributed by atoms with Crippen molar-refractivity contribution >= 4 is 30.3 Å². The van der Waals surface area contributed by atoms with Gasteiger partial charge in [-0.05, 0) is 32.1 Å². The molecule has 0 saturated carbocycles. The quantitative estimate of drug-likeness (QED) is 0.0370. The van der Waals surface area contributed by atoms with Crippen LogP contribution in [0.25, 0.3) is 0 Å². The van der Waals surface area contributed by atoms with E-state index in [1.54, 1.807) is 0 Å². The van der Waals surface area contributed by atoms with Gasteiger partial charge in [0.05, 0.1) is 59.5 Å². The lowest BCUT2D eigenvalue weighted by atomic mass is 9.98. The van der Waals surface area contributed by atoms with Crippen LogP contribution in [-0.4, -0.2) is 84.5 Å². The highest BCUT2D eigenvalue weighted by molar-refractivity contribution is 6.99. The van der Waals surface area contributed by atoms with Crippen molar-refractivity contribution in [2.45, 2.75) is 76.3 Å². The van der Waals surface area contributed by atoms with Crippen molar-refractivity contribution < 1.29 is 37.6 Å². The van der Waals surface area contributed by atoms with Gasteiger partial charge in [0.15, 0.2) is 6.29 Å². The summed E-state index contributed by atoms with van der Waals surface area (Å²) in [6.07, 6.45) is -3.32. The fourth-order valence-corrected chi connectivity index (χ4v) is 12.3. The molecule has 0 spiro atoms. The first-order chi connectivity index (χ1) is 28.9.